The molecule has 0 aromatic carbocycles. The third-order valence-corrected chi connectivity index (χ3v) is 2.69. The first-order valence-electron chi connectivity index (χ1n) is 4.30. The molecule has 6 heteroatoms. The van der Waals surface area contributed by atoms with Crippen molar-refractivity contribution in [3.05, 3.63) is 17.7 Å². The average molecular weight is 214 g/mol. The van der Waals surface area contributed by atoms with Crippen molar-refractivity contribution in [1.82, 2.24) is 15.3 Å². The number of thioether (sulfide) groups is 1. The number of carbonyl (C=O) groups excluding carboxylic acids is 1. The van der Waals surface area contributed by atoms with Crippen molar-refractivity contribution in [3.8, 4) is 0 Å². The van der Waals surface area contributed by atoms with Crippen LogP contribution in [0.1, 0.15) is 11.4 Å². The number of hydrogen-bond acceptors (Lipinski definition) is 3. The van der Waals surface area contributed by atoms with Crippen LogP contribution in [0.4, 0.5) is 4.79 Å². The molecule has 0 saturated heterocycles. The molecule has 0 unspecified atom stereocenters. The summed E-state index contributed by atoms with van der Waals surface area (Å²) in [5, 5.41) is 2.53. The van der Waals surface area contributed by atoms with Crippen molar-refractivity contribution in [2.45, 2.75) is 12.7 Å². The number of nitrogens with zero attached hydrogens (tertiary/aromatic N) is 1. The van der Waals surface area contributed by atoms with Crippen LogP contribution >= 0.6 is 11.8 Å². The van der Waals surface area contributed by atoms with Gasteiger partial charge in [0.1, 0.15) is 0 Å². The lowest BCUT2D eigenvalue weighted by atomic mass is 10.4. The Morgan fingerprint density at radius 3 is 3.14 bits per heavy atom. The second-order valence-corrected chi connectivity index (χ2v) is 3.92. The van der Waals surface area contributed by atoms with E-state index in [9.17, 15) is 4.79 Å². The predicted molar refractivity (Wildman–Crippen MR) is 57.1 cm³/mol. The zero-order chi connectivity index (χ0) is 10.4. The van der Waals surface area contributed by atoms with Gasteiger partial charge in [-0.3, -0.25) is 0 Å². The minimum Gasteiger partial charge on any atom is -0.352 e. The second-order valence-electron chi connectivity index (χ2n) is 2.82. The van der Waals surface area contributed by atoms with Crippen LogP contribution in [0.3, 0.4) is 0 Å². The molecule has 0 radical (unpaired) electrons. The number of hydrogen-bond donors (Lipinski definition) is 3. The highest BCUT2D eigenvalue weighted by Gasteiger charge is 2.00. The van der Waals surface area contributed by atoms with Crippen LogP contribution < -0.4 is 11.1 Å². The van der Waals surface area contributed by atoms with E-state index in [-0.39, 0.29) is 0 Å². The molecule has 1 heterocycles. The molecule has 1 aromatic rings. The first kappa shape index (κ1) is 10.9. The summed E-state index contributed by atoms with van der Waals surface area (Å²) in [6.45, 7) is 2.59. The molecule has 0 saturated carbocycles. The summed E-state index contributed by atoms with van der Waals surface area (Å²) in [7, 11) is 0. The maximum absolute atomic E-state index is 10.3. The van der Waals surface area contributed by atoms with E-state index in [0.717, 1.165) is 22.9 Å². The van der Waals surface area contributed by atoms with Crippen molar-refractivity contribution in [2.75, 3.05) is 12.3 Å². The van der Waals surface area contributed by atoms with Crippen LogP contribution in [0.5, 0.6) is 0 Å². The molecule has 78 valence electrons. The Labute approximate surface area is 86.9 Å². The van der Waals surface area contributed by atoms with Gasteiger partial charge in [0.05, 0.1) is 12.0 Å². The van der Waals surface area contributed by atoms with E-state index < -0.39 is 6.03 Å². The molecule has 0 aliphatic heterocycles. The van der Waals surface area contributed by atoms with Gasteiger partial charge >= 0.3 is 6.03 Å². The number of nitrogens with one attached hydrogen (secondary N) is 2. The smallest absolute Gasteiger partial charge is 0.312 e. The summed E-state index contributed by atoms with van der Waals surface area (Å²) < 4.78 is 0. The molecule has 14 heavy (non-hydrogen) atoms. The molecule has 0 atom stereocenters. The molecule has 5 nitrogen and oxygen atoms in total. The molecule has 4 N–H and O–H groups in total. The third kappa shape index (κ3) is 3.69. The van der Waals surface area contributed by atoms with Crippen molar-refractivity contribution < 1.29 is 4.79 Å². The second kappa shape index (κ2) is 5.54. The number of aromatic amines is 1. The Bertz CT molecular complexity index is 299. The van der Waals surface area contributed by atoms with E-state index in [4.69, 9.17) is 5.73 Å². The lowest BCUT2D eigenvalue weighted by molar-refractivity contribution is 0.249. The Morgan fingerprint density at radius 1 is 1.79 bits per heavy atom. The number of amides is 2. The summed E-state index contributed by atoms with van der Waals surface area (Å²) in [5.41, 5.74) is 7.08. The van der Waals surface area contributed by atoms with E-state index >= 15 is 0 Å². The number of nitrogens with two attached hydrogens (primary N) is 1. The highest BCUT2D eigenvalue weighted by atomic mass is 32.2. The quantitative estimate of drug-likeness (QED) is 0.628. The van der Waals surface area contributed by atoms with Crippen molar-refractivity contribution >= 4 is 17.8 Å². The lowest BCUT2D eigenvalue weighted by Gasteiger charge is -2.01. The van der Waals surface area contributed by atoms with Gasteiger partial charge in [0.2, 0.25) is 0 Å². The summed E-state index contributed by atoms with van der Waals surface area (Å²) in [5.74, 6) is 1.70. The largest absolute Gasteiger partial charge is 0.352 e. The van der Waals surface area contributed by atoms with Gasteiger partial charge in [-0.1, -0.05) is 0 Å². The van der Waals surface area contributed by atoms with Crippen molar-refractivity contribution in [3.63, 3.8) is 0 Å². The standard InChI is InChI=1S/C8H14N4OS/c1-6-7(12-5-11-6)4-14-3-2-10-8(9)13/h5H,2-4H2,1H3,(H,11,12)(H3,9,10,13). The maximum Gasteiger partial charge on any atom is 0.312 e. The zero-order valence-corrected chi connectivity index (χ0v) is 8.86. The van der Waals surface area contributed by atoms with E-state index in [1.165, 1.54) is 0 Å². The SMILES string of the molecule is Cc1[nH]cnc1CSCCNC(N)=O. The van der Waals surface area contributed by atoms with Gasteiger partial charge in [0.15, 0.2) is 0 Å². The average Bonchev–Trinajstić information content (AvgIpc) is 2.51. The van der Waals surface area contributed by atoms with Crippen LogP contribution in [-0.4, -0.2) is 28.3 Å². The van der Waals surface area contributed by atoms with E-state index in [0.29, 0.717) is 6.54 Å². The fraction of sp³-hybridized carbons (Fsp3) is 0.500. The van der Waals surface area contributed by atoms with Crippen LogP contribution in [-0.2, 0) is 5.75 Å². The summed E-state index contributed by atoms with van der Waals surface area (Å²) in [4.78, 5) is 17.5. The van der Waals surface area contributed by atoms with Gasteiger partial charge in [-0.25, -0.2) is 9.78 Å². The minimum atomic E-state index is -0.471. The molecule has 0 aliphatic carbocycles. The number of urea groups is 1. The van der Waals surface area contributed by atoms with Crippen LogP contribution in [0, 0.1) is 6.92 Å². The fourth-order valence-electron chi connectivity index (χ4n) is 0.948. The van der Waals surface area contributed by atoms with E-state index in [1.807, 2.05) is 6.92 Å². The van der Waals surface area contributed by atoms with Crippen LogP contribution in [0.25, 0.3) is 0 Å². The molecular formula is C8H14N4OS. The number of imidazole rings is 1. The maximum atomic E-state index is 10.3. The monoisotopic (exact) mass is 214 g/mol. The number of carbonyl (C=O) groups is 1. The van der Waals surface area contributed by atoms with Crippen molar-refractivity contribution in [2.24, 2.45) is 5.73 Å². The number of aryl methyl sites for hydroxylation is 1. The lowest BCUT2D eigenvalue weighted by Crippen LogP contribution is -2.31. The topological polar surface area (TPSA) is 83.8 Å². The van der Waals surface area contributed by atoms with E-state index in [1.54, 1.807) is 18.1 Å². The molecule has 0 bridgehead atoms. The van der Waals surface area contributed by atoms with Gasteiger partial charge in [0, 0.05) is 23.7 Å². The first-order valence-corrected chi connectivity index (χ1v) is 5.45. The Hall–Kier alpha value is -1.17. The third-order valence-electron chi connectivity index (χ3n) is 1.72. The molecular weight excluding hydrogens is 200 g/mol. The molecule has 0 fully saturated rings. The molecule has 2 amide bonds. The number of aromatic nitrogens is 2. The highest BCUT2D eigenvalue weighted by Crippen LogP contribution is 2.11. The van der Waals surface area contributed by atoms with Gasteiger partial charge in [-0.15, -0.1) is 0 Å². The van der Waals surface area contributed by atoms with Gasteiger partial charge in [-0.05, 0) is 6.92 Å². The Morgan fingerprint density at radius 2 is 2.57 bits per heavy atom. The summed E-state index contributed by atoms with van der Waals surface area (Å²) in [6.07, 6.45) is 1.69. The van der Waals surface area contributed by atoms with Gasteiger partial charge < -0.3 is 16.0 Å². The highest BCUT2D eigenvalue weighted by molar-refractivity contribution is 7.98. The van der Waals surface area contributed by atoms with Crippen molar-refractivity contribution in [1.29, 1.82) is 0 Å². The predicted octanol–water partition coefficient (Wildman–Crippen LogP) is 0.620. The summed E-state index contributed by atoms with van der Waals surface area (Å²) in [6, 6.07) is -0.471. The first-order chi connectivity index (χ1) is 6.70. The number of primary amides is 1. The van der Waals surface area contributed by atoms with Crippen LogP contribution in [0.2, 0.25) is 0 Å². The number of H-pyrrole nitrogens is 1. The Balaban J connectivity index is 2.10. The molecule has 1 aromatic heterocycles. The normalized spacial score (nSPS) is 10.1. The Kier molecular flexibility index (Phi) is 4.31. The molecule has 0 aliphatic rings. The number of rotatable bonds is 5. The minimum absolute atomic E-state index is 0.471. The summed E-state index contributed by atoms with van der Waals surface area (Å²) >= 11 is 1.71. The molecule has 0 spiro atoms. The fourth-order valence-corrected chi connectivity index (χ4v) is 1.82. The molecule has 1 rings (SSSR count). The van der Waals surface area contributed by atoms with Gasteiger partial charge in [-0.2, -0.15) is 11.8 Å². The van der Waals surface area contributed by atoms with Gasteiger partial charge in [0.25, 0.3) is 0 Å². The van der Waals surface area contributed by atoms with Crippen LogP contribution in [0.15, 0.2) is 6.33 Å². The zero-order valence-electron chi connectivity index (χ0n) is 8.04. The van der Waals surface area contributed by atoms with E-state index in [2.05, 4.69) is 15.3 Å².